The Morgan fingerprint density at radius 2 is 1.57 bits per heavy atom. The molecule has 0 heterocycles. The molecule has 0 radical (unpaired) electrons. The van der Waals surface area contributed by atoms with E-state index in [1.165, 1.54) is 11.1 Å². The molecule has 162 valence electrons. The number of hydrogen-bond acceptors (Lipinski definition) is 4. The van der Waals surface area contributed by atoms with E-state index in [0.29, 0.717) is 25.9 Å². The molecule has 2 atom stereocenters. The van der Waals surface area contributed by atoms with E-state index in [2.05, 4.69) is 49.5 Å². The first-order valence-corrected chi connectivity index (χ1v) is 13.0. The van der Waals surface area contributed by atoms with E-state index >= 15 is 0 Å². The van der Waals surface area contributed by atoms with Crippen molar-refractivity contribution in [3.8, 4) is 11.1 Å². The van der Waals surface area contributed by atoms with Crippen LogP contribution in [0.2, 0.25) is 13.1 Å². The number of esters is 1. The van der Waals surface area contributed by atoms with E-state index in [1.54, 1.807) is 0 Å². The molecule has 0 aliphatic heterocycles. The third-order valence-corrected chi connectivity index (χ3v) is 5.56. The summed E-state index contributed by atoms with van der Waals surface area (Å²) in [6.07, 6.45) is 0.915. The van der Waals surface area contributed by atoms with Crippen molar-refractivity contribution >= 4 is 15.0 Å². The number of aryl methyl sites for hydroxylation is 1. The number of carbonyl (C=O) groups excluding carboxylic acids is 1. The predicted molar refractivity (Wildman–Crippen MR) is 124 cm³/mol. The monoisotopic (exact) mass is 427 g/mol. The predicted octanol–water partition coefficient (Wildman–Crippen LogP) is 5.26. The van der Waals surface area contributed by atoms with Crippen molar-refractivity contribution in [3.05, 3.63) is 60.2 Å². The van der Waals surface area contributed by atoms with Crippen molar-refractivity contribution in [2.24, 2.45) is 5.92 Å². The highest BCUT2D eigenvalue weighted by Crippen LogP contribution is 2.23. The average Bonchev–Trinajstić information content (AvgIpc) is 2.69. The Balaban J connectivity index is 1.97. The van der Waals surface area contributed by atoms with Gasteiger partial charge in [0.25, 0.3) is 0 Å². The van der Waals surface area contributed by atoms with Gasteiger partial charge < -0.3 is 9.84 Å². The molecule has 0 aliphatic carbocycles. The fourth-order valence-corrected chi connectivity index (χ4v) is 3.77. The van der Waals surface area contributed by atoms with Gasteiger partial charge in [-0.15, -0.1) is 0 Å². The lowest BCUT2D eigenvalue weighted by Gasteiger charge is -2.26. The van der Waals surface area contributed by atoms with Crippen LogP contribution in [0.4, 0.5) is 0 Å². The second-order valence-corrected chi connectivity index (χ2v) is 11.0. The molecular formula is C25H35O4Si+. The first-order valence-electron chi connectivity index (χ1n) is 10.6. The second-order valence-electron chi connectivity index (χ2n) is 8.85. The van der Waals surface area contributed by atoms with Gasteiger partial charge in [0.05, 0.1) is 31.7 Å². The van der Waals surface area contributed by atoms with Gasteiger partial charge in [-0.2, -0.15) is 0 Å². The van der Waals surface area contributed by atoms with E-state index in [9.17, 15) is 9.90 Å². The van der Waals surface area contributed by atoms with E-state index in [0.717, 1.165) is 5.56 Å². The average molecular weight is 428 g/mol. The number of aliphatic hydroxyl groups excluding tert-OH is 1. The molecule has 0 aliphatic rings. The second kappa shape index (κ2) is 11.4. The summed E-state index contributed by atoms with van der Waals surface area (Å²) in [5.74, 6) is -0.923. The van der Waals surface area contributed by atoms with Gasteiger partial charge in [-0.25, -0.2) is 4.43 Å². The molecule has 1 N–H and O–H groups in total. The zero-order chi connectivity index (χ0) is 22.1. The van der Waals surface area contributed by atoms with Gasteiger partial charge in [0.2, 0.25) is 0 Å². The number of ether oxygens (including phenoxy) is 1. The summed E-state index contributed by atoms with van der Waals surface area (Å²) in [4.78, 5) is 12.7. The molecule has 0 aromatic heterocycles. The minimum absolute atomic E-state index is 0.348. The molecule has 4 nitrogen and oxygen atoms in total. The van der Waals surface area contributed by atoms with Crippen LogP contribution in [0, 0.1) is 5.92 Å². The molecule has 30 heavy (non-hydrogen) atoms. The van der Waals surface area contributed by atoms with Crippen LogP contribution in [0.3, 0.4) is 0 Å². The summed E-state index contributed by atoms with van der Waals surface area (Å²) in [7, 11) is -0.831. The Kier molecular flexibility index (Phi) is 9.27. The number of aliphatic hydroxyl groups is 1. The fourth-order valence-electron chi connectivity index (χ4n) is 3.25. The number of benzene rings is 2. The van der Waals surface area contributed by atoms with Crippen LogP contribution >= 0.6 is 0 Å². The minimum Gasteiger partial charge on any atom is -0.460 e. The summed E-state index contributed by atoms with van der Waals surface area (Å²) < 4.78 is 11.3. The Morgan fingerprint density at radius 3 is 2.13 bits per heavy atom. The zero-order valence-electron chi connectivity index (χ0n) is 18.9. The van der Waals surface area contributed by atoms with Crippen LogP contribution in [0.5, 0.6) is 0 Å². The highest BCUT2D eigenvalue weighted by atomic mass is 28.3. The van der Waals surface area contributed by atoms with Crippen molar-refractivity contribution in [3.63, 3.8) is 0 Å². The molecular weight excluding hydrogens is 392 g/mol. The summed E-state index contributed by atoms with van der Waals surface area (Å²) in [5.41, 5.74) is 2.91. The van der Waals surface area contributed by atoms with Crippen LogP contribution in [0.25, 0.3) is 11.1 Å². The summed E-state index contributed by atoms with van der Waals surface area (Å²) in [5, 5.41) is 10.8. The first kappa shape index (κ1) is 24.3. The summed E-state index contributed by atoms with van der Waals surface area (Å²) in [6, 6.07) is 18.6. The Labute approximate surface area is 183 Å². The fraction of sp³-hybridized carbons (Fsp3) is 0.480. The SMILES string of the molecule is C[Si+](C)OCCC(C(=O)OC(C)(C)C)C(O)CCc1ccc(-c2ccccc2)cc1. The lowest BCUT2D eigenvalue weighted by atomic mass is 9.93. The highest BCUT2D eigenvalue weighted by Gasteiger charge is 2.31. The van der Waals surface area contributed by atoms with Gasteiger partial charge in [0.15, 0.2) is 0 Å². The van der Waals surface area contributed by atoms with Gasteiger partial charge in [0.1, 0.15) is 5.60 Å². The van der Waals surface area contributed by atoms with Gasteiger partial charge >= 0.3 is 15.0 Å². The third kappa shape index (κ3) is 8.42. The van der Waals surface area contributed by atoms with Crippen LogP contribution in [0.1, 0.15) is 39.2 Å². The lowest BCUT2D eigenvalue weighted by molar-refractivity contribution is -0.164. The van der Waals surface area contributed by atoms with Crippen molar-refractivity contribution < 1.29 is 19.1 Å². The first-order chi connectivity index (χ1) is 14.2. The normalized spacial score (nSPS) is 13.5. The van der Waals surface area contributed by atoms with Gasteiger partial charge in [0, 0.05) is 0 Å². The molecule has 0 amide bonds. The maximum absolute atomic E-state index is 12.7. The standard InChI is InChI=1S/C25H35O4Si/c1-25(2,3)29-24(27)22(17-18-28-30(4)5)23(26)16-13-19-11-14-21(15-12-19)20-9-7-6-8-10-20/h6-12,14-15,22-23,26H,13,16-18H2,1-5H3/q+1. The molecule has 2 aromatic carbocycles. The van der Waals surface area contributed by atoms with E-state index < -0.39 is 26.7 Å². The van der Waals surface area contributed by atoms with Gasteiger partial charge in [-0.3, -0.25) is 4.79 Å². The number of carbonyl (C=O) groups is 1. The molecule has 0 saturated carbocycles. The van der Waals surface area contributed by atoms with Gasteiger partial charge in [-0.1, -0.05) is 54.6 Å². The molecule has 0 bridgehead atoms. The molecule has 2 rings (SSSR count). The zero-order valence-corrected chi connectivity index (χ0v) is 19.9. The summed E-state index contributed by atoms with van der Waals surface area (Å²) in [6.45, 7) is 10.1. The van der Waals surface area contributed by atoms with Crippen LogP contribution in [-0.2, 0) is 20.4 Å². The quantitative estimate of drug-likeness (QED) is 0.415. The van der Waals surface area contributed by atoms with Crippen LogP contribution < -0.4 is 0 Å². The molecule has 5 heteroatoms. The Hall–Kier alpha value is -1.95. The number of hydrogen-bond donors (Lipinski definition) is 1. The lowest BCUT2D eigenvalue weighted by Crippen LogP contribution is -2.36. The molecule has 0 saturated heterocycles. The van der Waals surface area contributed by atoms with Crippen molar-refractivity contribution in [1.29, 1.82) is 0 Å². The van der Waals surface area contributed by atoms with Gasteiger partial charge in [-0.05, 0) is 56.7 Å². The van der Waals surface area contributed by atoms with E-state index in [4.69, 9.17) is 9.16 Å². The molecule has 2 aromatic rings. The molecule has 2 unspecified atom stereocenters. The van der Waals surface area contributed by atoms with E-state index in [-0.39, 0.29) is 5.97 Å². The Morgan fingerprint density at radius 1 is 0.967 bits per heavy atom. The van der Waals surface area contributed by atoms with E-state index in [1.807, 2.05) is 39.0 Å². The maximum atomic E-state index is 12.7. The van der Waals surface area contributed by atoms with Crippen LogP contribution in [-0.4, -0.2) is 38.4 Å². The third-order valence-electron chi connectivity index (χ3n) is 4.78. The number of rotatable bonds is 10. The maximum Gasteiger partial charge on any atom is 0.466 e. The van der Waals surface area contributed by atoms with Crippen molar-refractivity contribution in [2.45, 2.75) is 64.8 Å². The summed E-state index contributed by atoms with van der Waals surface area (Å²) >= 11 is 0. The largest absolute Gasteiger partial charge is 0.466 e. The van der Waals surface area contributed by atoms with Crippen molar-refractivity contribution in [1.82, 2.24) is 0 Å². The topological polar surface area (TPSA) is 55.8 Å². The Bertz CT molecular complexity index is 766. The molecule has 0 fully saturated rings. The van der Waals surface area contributed by atoms with Crippen LogP contribution in [0.15, 0.2) is 54.6 Å². The van der Waals surface area contributed by atoms with Crippen molar-refractivity contribution in [2.75, 3.05) is 6.61 Å². The smallest absolute Gasteiger partial charge is 0.460 e. The molecule has 0 spiro atoms. The highest BCUT2D eigenvalue weighted by molar-refractivity contribution is 6.48. The minimum atomic E-state index is -0.831.